The monoisotopic (exact) mass is 258 g/mol. The quantitative estimate of drug-likeness (QED) is 0.751. The predicted molar refractivity (Wildman–Crippen MR) is 66.2 cm³/mol. The van der Waals surface area contributed by atoms with E-state index in [0.717, 1.165) is 6.42 Å². The topological polar surface area (TPSA) is 81.1 Å². The van der Waals surface area contributed by atoms with Crippen molar-refractivity contribution in [2.24, 2.45) is 11.8 Å². The molecule has 0 saturated carbocycles. The Morgan fingerprint density at radius 3 is 2.56 bits per heavy atom. The number of aliphatic hydroxyl groups is 1. The summed E-state index contributed by atoms with van der Waals surface area (Å²) in [6.45, 7) is 5.25. The molecule has 2 N–H and O–H groups in total. The maximum atomic E-state index is 12.2. The molecule has 0 aromatic rings. The van der Waals surface area contributed by atoms with Crippen molar-refractivity contribution in [3.8, 4) is 0 Å². The lowest BCUT2D eigenvalue weighted by Gasteiger charge is -2.28. The lowest BCUT2D eigenvalue weighted by molar-refractivity contribution is -0.137. The molecule has 0 spiro atoms. The third-order valence-electron chi connectivity index (χ3n) is 3.00. The van der Waals surface area contributed by atoms with E-state index in [4.69, 9.17) is 10.2 Å². The Balaban J connectivity index is 2.61. The van der Waals surface area contributed by atoms with Gasteiger partial charge in [-0.05, 0) is 12.3 Å². The summed E-state index contributed by atoms with van der Waals surface area (Å²) in [6.07, 6.45) is 0.783. The van der Waals surface area contributed by atoms with Crippen molar-refractivity contribution in [1.82, 2.24) is 9.80 Å². The van der Waals surface area contributed by atoms with Gasteiger partial charge in [0, 0.05) is 32.2 Å². The van der Waals surface area contributed by atoms with Crippen molar-refractivity contribution < 1.29 is 19.8 Å². The molecule has 0 aromatic heterocycles. The first kappa shape index (κ1) is 14.8. The van der Waals surface area contributed by atoms with Crippen LogP contribution in [0.3, 0.4) is 0 Å². The smallest absolute Gasteiger partial charge is 0.323 e. The summed E-state index contributed by atoms with van der Waals surface area (Å²) in [5.74, 6) is -0.647. The van der Waals surface area contributed by atoms with E-state index in [0.29, 0.717) is 19.6 Å². The van der Waals surface area contributed by atoms with Gasteiger partial charge in [-0.2, -0.15) is 0 Å². The van der Waals surface area contributed by atoms with Gasteiger partial charge in [-0.25, -0.2) is 4.79 Å². The highest BCUT2D eigenvalue weighted by Gasteiger charge is 2.29. The normalized spacial score (nSPS) is 19.3. The zero-order chi connectivity index (χ0) is 13.7. The summed E-state index contributed by atoms with van der Waals surface area (Å²) >= 11 is 0. The van der Waals surface area contributed by atoms with Crippen molar-refractivity contribution in [3.05, 3.63) is 0 Å². The molecule has 1 saturated heterocycles. The number of amides is 2. The summed E-state index contributed by atoms with van der Waals surface area (Å²) in [7, 11) is 0. The lowest BCUT2D eigenvalue weighted by atomic mass is 10.1. The zero-order valence-corrected chi connectivity index (χ0v) is 11.0. The van der Waals surface area contributed by atoms with E-state index in [1.807, 2.05) is 13.8 Å². The van der Waals surface area contributed by atoms with E-state index in [1.165, 1.54) is 4.90 Å². The molecule has 104 valence electrons. The first-order valence-corrected chi connectivity index (χ1v) is 6.30. The minimum absolute atomic E-state index is 0.0763. The molecule has 1 unspecified atom stereocenters. The molecule has 1 atom stereocenters. The Morgan fingerprint density at radius 2 is 2.11 bits per heavy atom. The summed E-state index contributed by atoms with van der Waals surface area (Å²) in [4.78, 5) is 26.0. The molecular formula is C12H22N2O4. The maximum absolute atomic E-state index is 12.2. The number of aliphatic carboxylic acids is 1. The van der Waals surface area contributed by atoms with E-state index >= 15 is 0 Å². The zero-order valence-electron chi connectivity index (χ0n) is 11.0. The fourth-order valence-corrected chi connectivity index (χ4v) is 2.17. The van der Waals surface area contributed by atoms with Crippen LogP contribution < -0.4 is 0 Å². The minimum atomic E-state index is -0.998. The Labute approximate surface area is 107 Å². The number of rotatable bonds is 5. The summed E-state index contributed by atoms with van der Waals surface area (Å²) < 4.78 is 0. The Morgan fingerprint density at radius 1 is 1.44 bits per heavy atom. The lowest BCUT2D eigenvalue weighted by Crippen LogP contribution is -2.46. The van der Waals surface area contributed by atoms with Gasteiger partial charge in [0.15, 0.2) is 0 Å². The standard InChI is InChI=1S/C12H22N2O4/c1-9(2)5-14(7-11(16)17)12(18)13-4-3-10(6-13)8-15/h9-10,15H,3-8H2,1-2H3,(H,16,17). The number of carbonyl (C=O) groups is 2. The van der Waals surface area contributed by atoms with Gasteiger partial charge in [0.1, 0.15) is 6.54 Å². The van der Waals surface area contributed by atoms with Crippen LogP contribution in [0.5, 0.6) is 0 Å². The highest BCUT2D eigenvalue weighted by atomic mass is 16.4. The van der Waals surface area contributed by atoms with Crippen LogP contribution in [0.15, 0.2) is 0 Å². The second-order valence-corrected chi connectivity index (χ2v) is 5.23. The van der Waals surface area contributed by atoms with Gasteiger partial charge in [-0.1, -0.05) is 13.8 Å². The molecule has 0 aromatic carbocycles. The van der Waals surface area contributed by atoms with E-state index in [1.54, 1.807) is 4.90 Å². The van der Waals surface area contributed by atoms with E-state index in [2.05, 4.69) is 0 Å². The van der Waals surface area contributed by atoms with E-state index in [-0.39, 0.29) is 31.0 Å². The summed E-state index contributed by atoms with van der Waals surface area (Å²) in [5.41, 5.74) is 0. The molecule has 1 rings (SSSR count). The second kappa shape index (κ2) is 6.58. The van der Waals surface area contributed by atoms with Crippen LogP contribution in [-0.2, 0) is 4.79 Å². The molecule has 6 nitrogen and oxygen atoms in total. The molecule has 0 bridgehead atoms. The summed E-state index contributed by atoms with van der Waals surface area (Å²) in [6, 6.07) is -0.234. The molecule has 0 radical (unpaired) electrons. The van der Waals surface area contributed by atoms with Crippen molar-refractivity contribution in [2.45, 2.75) is 20.3 Å². The van der Waals surface area contributed by atoms with Crippen LogP contribution >= 0.6 is 0 Å². The predicted octanol–water partition coefficient (Wildman–Crippen LogP) is 0.463. The highest BCUT2D eigenvalue weighted by molar-refractivity contribution is 5.80. The van der Waals surface area contributed by atoms with Gasteiger partial charge in [-0.15, -0.1) is 0 Å². The molecule has 1 heterocycles. The van der Waals surface area contributed by atoms with Gasteiger partial charge in [0.2, 0.25) is 0 Å². The third kappa shape index (κ3) is 4.18. The fourth-order valence-electron chi connectivity index (χ4n) is 2.17. The number of carboxylic acids is 1. The first-order chi connectivity index (χ1) is 8.43. The number of hydrogen-bond donors (Lipinski definition) is 2. The summed E-state index contributed by atoms with van der Waals surface area (Å²) in [5, 5.41) is 17.9. The van der Waals surface area contributed by atoms with Crippen LogP contribution in [-0.4, -0.2) is 64.8 Å². The maximum Gasteiger partial charge on any atom is 0.323 e. The Bertz CT molecular complexity index is 306. The second-order valence-electron chi connectivity index (χ2n) is 5.23. The van der Waals surface area contributed by atoms with Gasteiger partial charge >= 0.3 is 12.0 Å². The van der Waals surface area contributed by atoms with E-state index in [9.17, 15) is 9.59 Å². The van der Waals surface area contributed by atoms with Crippen LogP contribution in [0.25, 0.3) is 0 Å². The molecular weight excluding hydrogens is 236 g/mol. The van der Waals surface area contributed by atoms with Crippen molar-refractivity contribution in [3.63, 3.8) is 0 Å². The highest BCUT2D eigenvalue weighted by Crippen LogP contribution is 2.17. The largest absolute Gasteiger partial charge is 0.480 e. The molecule has 18 heavy (non-hydrogen) atoms. The third-order valence-corrected chi connectivity index (χ3v) is 3.00. The van der Waals surface area contributed by atoms with Crippen LogP contribution in [0, 0.1) is 11.8 Å². The van der Waals surface area contributed by atoms with Gasteiger partial charge < -0.3 is 20.0 Å². The fraction of sp³-hybridized carbons (Fsp3) is 0.833. The molecule has 1 aliphatic rings. The van der Waals surface area contributed by atoms with Gasteiger partial charge in [0.25, 0.3) is 0 Å². The Hall–Kier alpha value is -1.30. The number of likely N-dealkylation sites (tertiary alicyclic amines) is 1. The van der Waals surface area contributed by atoms with Crippen LogP contribution in [0.4, 0.5) is 4.79 Å². The number of hydrogen-bond acceptors (Lipinski definition) is 3. The Kier molecular flexibility index (Phi) is 5.40. The molecule has 0 aliphatic carbocycles. The molecule has 2 amide bonds. The van der Waals surface area contributed by atoms with Crippen molar-refractivity contribution in [1.29, 1.82) is 0 Å². The van der Waals surface area contributed by atoms with E-state index < -0.39 is 5.97 Å². The molecule has 1 fully saturated rings. The molecule has 6 heteroatoms. The molecule has 1 aliphatic heterocycles. The number of aliphatic hydroxyl groups excluding tert-OH is 1. The van der Waals surface area contributed by atoms with Crippen LogP contribution in [0.2, 0.25) is 0 Å². The SMILES string of the molecule is CC(C)CN(CC(=O)O)C(=O)N1CCC(CO)C1. The number of carboxylic acid groups (broad SMARTS) is 1. The van der Waals surface area contributed by atoms with Crippen molar-refractivity contribution in [2.75, 3.05) is 32.8 Å². The van der Waals surface area contributed by atoms with Crippen molar-refractivity contribution >= 4 is 12.0 Å². The average molecular weight is 258 g/mol. The minimum Gasteiger partial charge on any atom is -0.480 e. The first-order valence-electron chi connectivity index (χ1n) is 6.30. The number of nitrogens with zero attached hydrogens (tertiary/aromatic N) is 2. The number of carbonyl (C=O) groups excluding carboxylic acids is 1. The average Bonchev–Trinajstić information content (AvgIpc) is 2.74. The van der Waals surface area contributed by atoms with Crippen LogP contribution in [0.1, 0.15) is 20.3 Å². The van der Waals surface area contributed by atoms with Gasteiger partial charge in [-0.3, -0.25) is 4.79 Å². The number of urea groups is 1. The van der Waals surface area contributed by atoms with Gasteiger partial charge in [0.05, 0.1) is 0 Å².